The molecule has 0 aliphatic carbocycles. The number of likely N-dealkylation sites (tertiary alicyclic amines) is 1. The fourth-order valence-electron chi connectivity index (χ4n) is 4.14. The maximum absolute atomic E-state index is 13.0. The van der Waals surface area contributed by atoms with Crippen molar-refractivity contribution < 1.29 is 14.3 Å². The Balaban J connectivity index is 1.65. The van der Waals surface area contributed by atoms with Gasteiger partial charge in [0, 0.05) is 50.4 Å². The van der Waals surface area contributed by atoms with E-state index in [-0.39, 0.29) is 18.0 Å². The minimum Gasteiger partial charge on any atom is -0.494 e. The molecule has 2 aromatic rings. The second kappa shape index (κ2) is 10.3. The number of methoxy groups -OCH3 is 1. The van der Waals surface area contributed by atoms with Crippen LogP contribution in [0.2, 0.25) is 0 Å². The predicted octanol–water partition coefficient (Wildman–Crippen LogP) is 4.34. The molecule has 2 atom stereocenters. The largest absolute Gasteiger partial charge is 0.494 e. The van der Waals surface area contributed by atoms with Gasteiger partial charge in [0.2, 0.25) is 5.91 Å². The Bertz CT molecular complexity index is 903. The number of benzene rings is 2. The molecule has 1 fully saturated rings. The average Bonchev–Trinajstić information content (AvgIpc) is 3.24. The molecule has 2 N–H and O–H groups in total. The lowest BCUT2D eigenvalue weighted by Gasteiger charge is -2.30. The highest BCUT2D eigenvalue weighted by molar-refractivity contribution is 5.93. The Hall–Kier alpha value is -3.06. The Labute approximate surface area is 184 Å². The molecule has 3 rings (SSSR count). The van der Waals surface area contributed by atoms with Gasteiger partial charge < -0.3 is 20.3 Å². The smallest absolute Gasteiger partial charge is 0.322 e. The van der Waals surface area contributed by atoms with Crippen LogP contribution < -0.4 is 15.4 Å². The van der Waals surface area contributed by atoms with Crippen LogP contribution in [0.1, 0.15) is 38.8 Å². The lowest BCUT2D eigenvalue weighted by Crippen LogP contribution is -2.44. The van der Waals surface area contributed by atoms with Gasteiger partial charge in [0.15, 0.2) is 0 Å². The number of nitrogens with one attached hydrogen (secondary N) is 2. The number of hydrogen-bond donors (Lipinski definition) is 2. The summed E-state index contributed by atoms with van der Waals surface area (Å²) in [5, 5.41) is 5.70. The van der Waals surface area contributed by atoms with Crippen molar-refractivity contribution >= 4 is 23.3 Å². The maximum atomic E-state index is 13.0. The van der Waals surface area contributed by atoms with Crippen LogP contribution in [0.3, 0.4) is 0 Å². The third kappa shape index (κ3) is 5.55. The maximum Gasteiger partial charge on any atom is 0.322 e. The summed E-state index contributed by atoms with van der Waals surface area (Å²) in [4.78, 5) is 28.7. The number of nitrogens with zero attached hydrogens (tertiary/aromatic N) is 2. The summed E-state index contributed by atoms with van der Waals surface area (Å²) in [5.74, 6) is 0.322. The first-order chi connectivity index (χ1) is 14.9. The quantitative estimate of drug-likeness (QED) is 0.693. The highest BCUT2D eigenvalue weighted by Crippen LogP contribution is 2.29. The molecule has 0 radical (unpaired) electrons. The summed E-state index contributed by atoms with van der Waals surface area (Å²) in [6.45, 7) is 8.11. The van der Waals surface area contributed by atoms with Gasteiger partial charge in [0.05, 0.1) is 12.8 Å². The summed E-state index contributed by atoms with van der Waals surface area (Å²) < 4.78 is 5.35. The third-order valence-corrected chi connectivity index (χ3v) is 5.83. The first-order valence-corrected chi connectivity index (χ1v) is 10.7. The molecule has 1 aliphatic heterocycles. The van der Waals surface area contributed by atoms with Gasteiger partial charge in [-0.3, -0.25) is 9.69 Å². The zero-order valence-corrected chi connectivity index (χ0v) is 18.7. The topological polar surface area (TPSA) is 73.9 Å². The van der Waals surface area contributed by atoms with Gasteiger partial charge in [-0.1, -0.05) is 30.3 Å². The van der Waals surface area contributed by atoms with Crippen LogP contribution in [-0.2, 0) is 4.79 Å². The van der Waals surface area contributed by atoms with E-state index in [1.807, 2.05) is 17.9 Å². The highest BCUT2D eigenvalue weighted by Gasteiger charge is 2.32. The van der Waals surface area contributed by atoms with Crippen molar-refractivity contribution in [3.8, 4) is 5.75 Å². The number of hydrogen-bond acceptors (Lipinski definition) is 4. The van der Waals surface area contributed by atoms with Gasteiger partial charge in [-0.05, 0) is 38.0 Å². The van der Waals surface area contributed by atoms with Crippen molar-refractivity contribution in [3.05, 3.63) is 54.1 Å². The van der Waals surface area contributed by atoms with E-state index in [1.54, 1.807) is 18.2 Å². The SMILES string of the molecule is CCN(C(=O)Nc1ccc(NC(C)=O)c(OC)c1)[C@@H]1CCN([C@H](C)c2ccccc2)C1. The second-order valence-corrected chi connectivity index (χ2v) is 7.84. The number of anilines is 2. The standard InChI is InChI=1S/C24H32N4O3/c1-5-28(21-13-14-27(16-21)17(2)19-9-7-6-8-10-19)24(30)26-20-11-12-22(25-18(3)29)23(15-20)31-4/h6-12,15,17,21H,5,13-14,16H2,1-4H3,(H,25,29)(H,26,30)/t17-,21-/m1/s1. The number of carbonyl (C=O) groups is 2. The average molecular weight is 425 g/mol. The van der Waals surface area contributed by atoms with Crippen LogP contribution >= 0.6 is 0 Å². The van der Waals surface area contributed by atoms with Crippen LogP contribution in [0.5, 0.6) is 5.75 Å². The van der Waals surface area contributed by atoms with Crippen molar-refractivity contribution in [3.63, 3.8) is 0 Å². The van der Waals surface area contributed by atoms with Crippen LogP contribution in [-0.4, -0.2) is 54.5 Å². The van der Waals surface area contributed by atoms with Crippen molar-refractivity contribution in [2.75, 3.05) is 37.4 Å². The van der Waals surface area contributed by atoms with Crippen molar-refractivity contribution in [1.29, 1.82) is 0 Å². The minimum absolute atomic E-state index is 0.129. The third-order valence-electron chi connectivity index (χ3n) is 5.83. The van der Waals surface area contributed by atoms with Gasteiger partial charge >= 0.3 is 6.03 Å². The molecule has 0 aromatic heterocycles. The van der Waals surface area contributed by atoms with E-state index in [9.17, 15) is 9.59 Å². The van der Waals surface area contributed by atoms with Crippen LogP contribution in [0.4, 0.5) is 16.2 Å². The molecule has 0 bridgehead atoms. The molecule has 0 spiro atoms. The first-order valence-electron chi connectivity index (χ1n) is 10.7. The Morgan fingerprint density at radius 1 is 1.19 bits per heavy atom. The van der Waals surface area contributed by atoms with E-state index >= 15 is 0 Å². The molecule has 31 heavy (non-hydrogen) atoms. The summed E-state index contributed by atoms with van der Waals surface area (Å²) in [7, 11) is 1.53. The fourth-order valence-corrected chi connectivity index (χ4v) is 4.14. The Morgan fingerprint density at radius 3 is 2.58 bits per heavy atom. The number of amides is 3. The molecule has 1 heterocycles. The summed E-state index contributed by atoms with van der Waals surface area (Å²) >= 11 is 0. The van der Waals surface area contributed by atoms with E-state index in [0.29, 0.717) is 29.7 Å². The Morgan fingerprint density at radius 2 is 1.94 bits per heavy atom. The summed E-state index contributed by atoms with van der Waals surface area (Å²) in [6, 6.07) is 16.0. The Kier molecular flexibility index (Phi) is 7.52. The van der Waals surface area contributed by atoms with E-state index in [2.05, 4.69) is 46.7 Å². The summed E-state index contributed by atoms with van der Waals surface area (Å²) in [6.07, 6.45) is 0.948. The molecule has 166 valence electrons. The second-order valence-electron chi connectivity index (χ2n) is 7.84. The van der Waals surface area contributed by atoms with Gasteiger partial charge in [-0.15, -0.1) is 0 Å². The summed E-state index contributed by atoms with van der Waals surface area (Å²) in [5.41, 5.74) is 2.49. The van der Waals surface area contributed by atoms with E-state index in [4.69, 9.17) is 4.74 Å². The zero-order chi connectivity index (χ0) is 22.4. The van der Waals surface area contributed by atoms with E-state index in [0.717, 1.165) is 19.5 Å². The zero-order valence-electron chi connectivity index (χ0n) is 18.7. The number of likely N-dealkylation sites (N-methyl/N-ethyl adjacent to an activating group) is 1. The van der Waals surface area contributed by atoms with Gasteiger partial charge in [-0.25, -0.2) is 4.79 Å². The molecule has 3 amide bonds. The number of carbonyl (C=O) groups excluding carboxylic acids is 2. The molecule has 1 saturated heterocycles. The van der Waals surface area contributed by atoms with Gasteiger partial charge in [0.1, 0.15) is 5.75 Å². The van der Waals surface area contributed by atoms with E-state index < -0.39 is 0 Å². The fraction of sp³-hybridized carbons (Fsp3) is 0.417. The highest BCUT2D eigenvalue weighted by atomic mass is 16.5. The van der Waals surface area contributed by atoms with Gasteiger partial charge in [0.25, 0.3) is 0 Å². The molecule has 0 saturated carbocycles. The van der Waals surface area contributed by atoms with Crippen LogP contribution in [0.25, 0.3) is 0 Å². The van der Waals surface area contributed by atoms with Gasteiger partial charge in [-0.2, -0.15) is 0 Å². The molecule has 7 heteroatoms. The predicted molar refractivity (Wildman–Crippen MR) is 124 cm³/mol. The minimum atomic E-state index is -0.178. The molecule has 0 unspecified atom stereocenters. The van der Waals surface area contributed by atoms with E-state index in [1.165, 1.54) is 19.6 Å². The lowest BCUT2D eigenvalue weighted by molar-refractivity contribution is -0.114. The van der Waals surface area contributed by atoms with Crippen molar-refractivity contribution in [1.82, 2.24) is 9.80 Å². The molecule has 1 aliphatic rings. The molecular formula is C24H32N4O3. The number of rotatable bonds is 7. The monoisotopic (exact) mass is 424 g/mol. The normalized spacial score (nSPS) is 17.1. The number of urea groups is 1. The number of ether oxygens (including phenoxy) is 1. The molecular weight excluding hydrogens is 392 g/mol. The van der Waals surface area contributed by atoms with Crippen LogP contribution in [0, 0.1) is 0 Å². The lowest BCUT2D eigenvalue weighted by atomic mass is 10.1. The first kappa shape index (κ1) is 22.6. The van der Waals surface area contributed by atoms with Crippen LogP contribution in [0.15, 0.2) is 48.5 Å². The molecule has 2 aromatic carbocycles. The molecule has 7 nitrogen and oxygen atoms in total. The van der Waals surface area contributed by atoms with Crippen molar-refractivity contribution in [2.24, 2.45) is 0 Å². The van der Waals surface area contributed by atoms with Crippen molar-refractivity contribution in [2.45, 2.75) is 39.3 Å².